The van der Waals surface area contributed by atoms with E-state index in [1.165, 1.54) is 6.08 Å². The summed E-state index contributed by atoms with van der Waals surface area (Å²) in [5.41, 5.74) is 3.78. The molecule has 0 amide bonds. The first-order valence-electron chi connectivity index (χ1n) is 7.87. The zero-order valence-electron chi connectivity index (χ0n) is 14.2. The number of rotatable bonds is 8. The molecule has 23 heavy (non-hydrogen) atoms. The Hall–Kier alpha value is -1.62. The molecule has 0 aliphatic rings. The molecule has 4 N–H and O–H groups in total. The second-order valence-corrected chi connectivity index (χ2v) is 6.16. The standard InChI is InChI=1S/C19H28O4/c1-5-16(18(22)11-20)17(21)7-6-12(2)8-15-9-13(3)19(23)14(4)10-15/h5,8-10,16-18,20-23H,1,6-7,11H2,2-4H3/b12-8+/t16-,17-,18-/m1/s1. The average molecular weight is 320 g/mol. The topological polar surface area (TPSA) is 80.9 Å². The molecule has 0 aliphatic heterocycles. The van der Waals surface area contributed by atoms with Crippen LogP contribution in [0.2, 0.25) is 0 Å². The number of aryl methyl sites for hydroxylation is 2. The summed E-state index contributed by atoms with van der Waals surface area (Å²) in [6.07, 6.45) is 2.92. The van der Waals surface area contributed by atoms with E-state index < -0.39 is 24.7 Å². The van der Waals surface area contributed by atoms with E-state index in [2.05, 4.69) is 6.58 Å². The number of phenolic OH excluding ortho intramolecular Hbond substituents is 1. The molecule has 1 aromatic carbocycles. The van der Waals surface area contributed by atoms with Gasteiger partial charge in [0.05, 0.1) is 18.8 Å². The maximum absolute atomic E-state index is 10.1. The Bertz CT molecular complexity index is 539. The molecule has 4 nitrogen and oxygen atoms in total. The summed E-state index contributed by atoms with van der Waals surface area (Å²) < 4.78 is 0. The number of aromatic hydroxyl groups is 1. The molecule has 3 atom stereocenters. The summed E-state index contributed by atoms with van der Waals surface area (Å²) in [4.78, 5) is 0. The normalized spacial score (nSPS) is 16.0. The molecule has 0 radical (unpaired) electrons. The third-order valence-corrected chi connectivity index (χ3v) is 4.11. The van der Waals surface area contributed by atoms with Crippen molar-refractivity contribution in [1.82, 2.24) is 0 Å². The number of hydrogen-bond acceptors (Lipinski definition) is 4. The maximum atomic E-state index is 10.1. The molecule has 0 saturated heterocycles. The Morgan fingerprint density at radius 1 is 1.17 bits per heavy atom. The second-order valence-electron chi connectivity index (χ2n) is 6.16. The molecule has 128 valence electrons. The minimum atomic E-state index is -0.991. The van der Waals surface area contributed by atoms with Crippen LogP contribution in [0.4, 0.5) is 0 Å². The van der Waals surface area contributed by atoms with Gasteiger partial charge in [-0.3, -0.25) is 0 Å². The number of aliphatic hydroxyl groups excluding tert-OH is 3. The molecule has 1 rings (SSSR count). The van der Waals surface area contributed by atoms with Crippen molar-refractivity contribution in [3.8, 4) is 5.75 Å². The van der Waals surface area contributed by atoms with E-state index >= 15 is 0 Å². The van der Waals surface area contributed by atoms with E-state index in [9.17, 15) is 15.3 Å². The van der Waals surface area contributed by atoms with Crippen molar-refractivity contribution < 1.29 is 20.4 Å². The average Bonchev–Trinajstić information content (AvgIpc) is 2.50. The smallest absolute Gasteiger partial charge is 0.121 e. The molecule has 0 unspecified atom stereocenters. The lowest BCUT2D eigenvalue weighted by Gasteiger charge is -2.23. The number of allylic oxidation sites excluding steroid dienone is 1. The van der Waals surface area contributed by atoms with E-state index in [1.54, 1.807) is 0 Å². The van der Waals surface area contributed by atoms with Crippen molar-refractivity contribution in [3.05, 3.63) is 47.1 Å². The minimum Gasteiger partial charge on any atom is -0.507 e. The van der Waals surface area contributed by atoms with E-state index in [0.29, 0.717) is 18.6 Å². The van der Waals surface area contributed by atoms with Crippen LogP contribution in [0.3, 0.4) is 0 Å². The Morgan fingerprint density at radius 3 is 2.22 bits per heavy atom. The van der Waals surface area contributed by atoms with Crippen LogP contribution in [-0.2, 0) is 0 Å². The number of phenols is 1. The predicted molar refractivity (Wildman–Crippen MR) is 93.3 cm³/mol. The van der Waals surface area contributed by atoms with Crippen LogP contribution >= 0.6 is 0 Å². The van der Waals surface area contributed by atoms with Crippen molar-refractivity contribution >= 4 is 6.08 Å². The molecule has 0 saturated carbocycles. The van der Waals surface area contributed by atoms with E-state index in [4.69, 9.17) is 5.11 Å². The van der Waals surface area contributed by atoms with Gasteiger partial charge in [-0.15, -0.1) is 6.58 Å². The highest BCUT2D eigenvalue weighted by molar-refractivity contribution is 5.57. The van der Waals surface area contributed by atoms with E-state index in [-0.39, 0.29) is 0 Å². The van der Waals surface area contributed by atoms with Crippen LogP contribution < -0.4 is 0 Å². The van der Waals surface area contributed by atoms with Gasteiger partial charge in [-0.25, -0.2) is 0 Å². The fraction of sp³-hybridized carbons (Fsp3) is 0.474. The van der Waals surface area contributed by atoms with Gasteiger partial charge in [0, 0.05) is 5.92 Å². The molecule has 0 bridgehead atoms. The molecule has 4 heteroatoms. The lowest BCUT2D eigenvalue weighted by molar-refractivity contribution is 0.00215. The summed E-state index contributed by atoms with van der Waals surface area (Å²) >= 11 is 0. The van der Waals surface area contributed by atoms with Crippen LogP contribution in [0.5, 0.6) is 5.75 Å². The molecule has 0 aliphatic carbocycles. The van der Waals surface area contributed by atoms with Gasteiger partial charge < -0.3 is 20.4 Å². The van der Waals surface area contributed by atoms with Gasteiger partial charge >= 0.3 is 0 Å². The second kappa shape index (κ2) is 8.87. The van der Waals surface area contributed by atoms with Crippen molar-refractivity contribution in [2.75, 3.05) is 6.61 Å². The van der Waals surface area contributed by atoms with Crippen LogP contribution in [0.1, 0.15) is 36.5 Å². The Balaban J connectivity index is 2.72. The minimum absolute atomic E-state index is 0.321. The molecule has 0 aromatic heterocycles. The highest BCUT2D eigenvalue weighted by Crippen LogP contribution is 2.25. The summed E-state index contributed by atoms with van der Waals surface area (Å²) in [6, 6.07) is 3.84. The summed E-state index contributed by atoms with van der Waals surface area (Å²) in [5, 5.41) is 38.6. The zero-order chi connectivity index (χ0) is 17.6. The predicted octanol–water partition coefficient (Wildman–Crippen LogP) is 2.71. The first-order chi connectivity index (χ1) is 10.8. The van der Waals surface area contributed by atoms with Gasteiger partial charge in [0.1, 0.15) is 5.75 Å². The fourth-order valence-corrected chi connectivity index (χ4v) is 2.69. The third-order valence-electron chi connectivity index (χ3n) is 4.11. The fourth-order valence-electron chi connectivity index (χ4n) is 2.69. The third kappa shape index (κ3) is 5.50. The summed E-state index contributed by atoms with van der Waals surface area (Å²) in [7, 11) is 0. The molecule has 0 spiro atoms. The van der Waals surface area contributed by atoms with Crippen LogP contribution in [0, 0.1) is 19.8 Å². The summed E-state index contributed by atoms with van der Waals surface area (Å²) in [5.74, 6) is -0.215. The molecular weight excluding hydrogens is 292 g/mol. The highest BCUT2D eigenvalue weighted by atomic mass is 16.3. The van der Waals surface area contributed by atoms with Crippen molar-refractivity contribution in [2.24, 2.45) is 5.92 Å². The highest BCUT2D eigenvalue weighted by Gasteiger charge is 2.23. The van der Waals surface area contributed by atoms with Gasteiger partial charge in [0.2, 0.25) is 0 Å². The Kier molecular flexibility index (Phi) is 7.49. The SMILES string of the molecule is C=C[C@@H]([C@H](O)CO)[C@H](O)CC/C(C)=C/c1cc(C)c(O)c(C)c1. The summed E-state index contributed by atoms with van der Waals surface area (Å²) in [6.45, 7) is 8.92. The van der Waals surface area contributed by atoms with Crippen LogP contribution in [0.25, 0.3) is 6.08 Å². The lowest BCUT2D eigenvalue weighted by Crippen LogP contribution is -2.32. The van der Waals surface area contributed by atoms with E-state index in [1.807, 2.05) is 39.0 Å². The van der Waals surface area contributed by atoms with Crippen molar-refractivity contribution in [2.45, 2.75) is 45.8 Å². The number of benzene rings is 1. The van der Waals surface area contributed by atoms with Crippen LogP contribution in [0.15, 0.2) is 30.4 Å². The molecule has 0 heterocycles. The number of aliphatic hydroxyl groups is 3. The largest absolute Gasteiger partial charge is 0.507 e. The quantitative estimate of drug-likeness (QED) is 0.555. The molecular formula is C19H28O4. The number of hydrogen-bond donors (Lipinski definition) is 4. The zero-order valence-corrected chi connectivity index (χ0v) is 14.2. The van der Waals surface area contributed by atoms with Gasteiger partial charge in [0.25, 0.3) is 0 Å². The van der Waals surface area contributed by atoms with Gasteiger partial charge in [-0.1, -0.05) is 17.7 Å². The van der Waals surface area contributed by atoms with Crippen molar-refractivity contribution in [3.63, 3.8) is 0 Å². The Labute approximate surface area is 138 Å². The first-order valence-corrected chi connectivity index (χ1v) is 7.87. The molecule has 1 aromatic rings. The first kappa shape index (κ1) is 19.4. The molecule has 0 fully saturated rings. The monoisotopic (exact) mass is 320 g/mol. The van der Waals surface area contributed by atoms with Gasteiger partial charge in [-0.05, 0) is 62.4 Å². The van der Waals surface area contributed by atoms with Crippen molar-refractivity contribution in [1.29, 1.82) is 0 Å². The van der Waals surface area contributed by atoms with Gasteiger partial charge in [0.15, 0.2) is 0 Å². The maximum Gasteiger partial charge on any atom is 0.121 e. The lowest BCUT2D eigenvalue weighted by atomic mass is 9.91. The van der Waals surface area contributed by atoms with E-state index in [0.717, 1.165) is 22.3 Å². The van der Waals surface area contributed by atoms with Crippen LogP contribution in [-0.4, -0.2) is 39.2 Å². The Morgan fingerprint density at radius 2 is 1.74 bits per heavy atom. The van der Waals surface area contributed by atoms with Gasteiger partial charge in [-0.2, -0.15) is 0 Å².